The van der Waals surface area contributed by atoms with Gasteiger partial charge in [-0.1, -0.05) is 80.6 Å². The molecule has 2 heteroatoms. The second-order valence-electron chi connectivity index (χ2n) is 11.2. The third-order valence-corrected chi connectivity index (χ3v) is 8.98. The van der Waals surface area contributed by atoms with Crippen molar-refractivity contribution in [3.05, 3.63) is 89.6 Å². The first-order valence-corrected chi connectivity index (χ1v) is 13.7. The molecule has 1 unspecified atom stereocenters. The predicted molar refractivity (Wildman–Crippen MR) is 148 cm³/mol. The molecule has 180 valence electrons. The van der Waals surface area contributed by atoms with Crippen LogP contribution in [0.25, 0.3) is 44.3 Å². The summed E-state index contributed by atoms with van der Waals surface area (Å²) in [5.74, 6) is 1.77. The van der Waals surface area contributed by atoms with Crippen molar-refractivity contribution in [2.24, 2.45) is 18.9 Å². The molecule has 0 N–H and O–H groups in total. The number of nitrogens with zero attached hydrogens (tertiary/aromatic N) is 1. The molecule has 2 aliphatic rings. The standard InChI is InChI=1S/C34H34NO/c1-22-14-17-30-29-12-8-11-28(33(29)36-34(30)32(22)31-13-6-7-18-35(31)2)25-16-15-24-19-26(21-27(24)20-25)23-9-4-3-5-10-23/h6-8,11-18,20,23,26H,3-5,9-10,19,21H2,1-2H3/q+1. The highest BCUT2D eigenvalue weighted by Crippen LogP contribution is 2.43. The average Bonchev–Trinajstić information content (AvgIpc) is 3.51. The number of aromatic nitrogens is 1. The van der Waals surface area contributed by atoms with Gasteiger partial charge in [0, 0.05) is 28.5 Å². The van der Waals surface area contributed by atoms with Gasteiger partial charge in [-0.25, -0.2) is 4.57 Å². The zero-order valence-corrected chi connectivity index (χ0v) is 21.4. The first-order valence-electron chi connectivity index (χ1n) is 13.7. The fourth-order valence-corrected chi connectivity index (χ4v) is 7.05. The Hall–Kier alpha value is -3.39. The largest absolute Gasteiger partial charge is 0.454 e. The van der Waals surface area contributed by atoms with E-state index in [1.807, 2.05) is 0 Å². The fraction of sp³-hybridized carbons (Fsp3) is 0.324. The van der Waals surface area contributed by atoms with Crippen molar-refractivity contribution in [1.82, 2.24) is 0 Å². The van der Waals surface area contributed by atoms with Crippen LogP contribution in [0.2, 0.25) is 0 Å². The van der Waals surface area contributed by atoms with Gasteiger partial charge in [-0.05, 0) is 59.9 Å². The van der Waals surface area contributed by atoms with E-state index in [1.54, 1.807) is 11.1 Å². The Morgan fingerprint density at radius 3 is 2.44 bits per heavy atom. The molecular formula is C34H34NO+. The van der Waals surface area contributed by atoms with Gasteiger partial charge in [0.2, 0.25) is 5.69 Å². The number of fused-ring (bicyclic) bond motifs is 4. The van der Waals surface area contributed by atoms with Crippen LogP contribution in [0, 0.1) is 18.8 Å². The van der Waals surface area contributed by atoms with Gasteiger partial charge in [-0.3, -0.25) is 0 Å². The molecule has 2 aromatic heterocycles. The lowest BCUT2D eigenvalue weighted by Gasteiger charge is -2.27. The Bertz CT molecular complexity index is 1600. The first-order chi connectivity index (χ1) is 17.7. The second kappa shape index (κ2) is 8.62. The molecule has 1 saturated carbocycles. The summed E-state index contributed by atoms with van der Waals surface area (Å²) >= 11 is 0. The van der Waals surface area contributed by atoms with Crippen LogP contribution in [0.3, 0.4) is 0 Å². The molecule has 36 heavy (non-hydrogen) atoms. The van der Waals surface area contributed by atoms with Crippen molar-refractivity contribution in [1.29, 1.82) is 0 Å². The Labute approximate surface area is 213 Å². The zero-order chi connectivity index (χ0) is 24.2. The molecule has 1 atom stereocenters. The maximum absolute atomic E-state index is 6.78. The summed E-state index contributed by atoms with van der Waals surface area (Å²) < 4.78 is 8.96. The molecule has 7 rings (SSSR count). The number of hydrogen-bond acceptors (Lipinski definition) is 1. The number of pyridine rings is 1. The predicted octanol–water partition coefficient (Wildman–Crippen LogP) is 8.35. The van der Waals surface area contributed by atoms with Crippen LogP contribution < -0.4 is 4.57 Å². The first kappa shape index (κ1) is 21.9. The molecule has 0 aliphatic heterocycles. The molecule has 5 aromatic rings. The Balaban J connectivity index is 1.34. The quantitative estimate of drug-likeness (QED) is 0.241. The molecular weight excluding hydrogens is 438 g/mol. The molecule has 2 nitrogen and oxygen atoms in total. The van der Waals surface area contributed by atoms with E-state index in [1.165, 1.54) is 83.7 Å². The number of furan rings is 1. The minimum absolute atomic E-state index is 0.842. The van der Waals surface area contributed by atoms with E-state index < -0.39 is 0 Å². The maximum Gasteiger partial charge on any atom is 0.216 e. The van der Waals surface area contributed by atoms with Crippen LogP contribution in [0.15, 0.2) is 77.3 Å². The lowest BCUT2D eigenvalue weighted by molar-refractivity contribution is -0.660. The minimum Gasteiger partial charge on any atom is -0.454 e. The molecule has 0 saturated heterocycles. The zero-order valence-electron chi connectivity index (χ0n) is 21.4. The van der Waals surface area contributed by atoms with E-state index in [-0.39, 0.29) is 0 Å². The van der Waals surface area contributed by atoms with Crippen molar-refractivity contribution >= 4 is 21.9 Å². The Morgan fingerprint density at radius 2 is 1.58 bits per heavy atom. The summed E-state index contributed by atoms with van der Waals surface area (Å²) in [4.78, 5) is 0. The molecule has 1 fully saturated rings. The summed E-state index contributed by atoms with van der Waals surface area (Å²) in [5.41, 5.74) is 11.2. The highest BCUT2D eigenvalue weighted by Gasteiger charge is 2.30. The Morgan fingerprint density at radius 1 is 0.750 bits per heavy atom. The van der Waals surface area contributed by atoms with Crippen LogP contribution in [0.4, 0.5) is 0 Å². The van der Waals surface area contributed by atoms with Gasteiger partial charge in [0.05, 0.1) is 5.56 Å². The fourth-order valence-electron chi connectivity index (χ4n) is 7.05. The highest BCUT2D eigenvalue weighted by molar-refractivity contribution is 6.13. The van der Waals surface area contributed by atoms with Gasteiger partial charge in [-0.2, -0.15) is 0 Å². The van der Waals surface area contributed by atoms with Crippen molar-refractivity contribution in [3.8, 4) is 22.4 Å². The van der Waals surface area contributed by atoms with Crippen LogP contribution >= 0.6 is 0 Å². The molecule has 0 radical (unpaired) electrons. The minimum atomic E-state index is 0.842. The summed E-state index contributed by atoms with van der Waals surface area (Å²) in [6.07, 6.45) is 11.8. The van der Waals surface area contributed by atoms with Gasteiger partial charge in [-0.15, -0.1) is 0 Å². The van der Waals surface area contributed by atoms with Crippen molar-refractivity contribution in [3.63, 3.8) is 0 Å². The summed E-state index contributed by atoms with van der Waals surface area (Å²) in [7, 11) is 2.10. The average molecular weight is 473 g/mol. The van der Waals surface area contributed by atoms with Gasteiger partial charge in [0.15, 0.2) is 6.20 Å². The van der Waals surface area contributed by atoms with Gasteiger partial charge < -0.3 is 4.42 Å². The number of hydrogen-bond donors (Lipinski definition) is 0. The smallest absolute Gasteiger partial charge is 0.216 e. The second-order valence-corrected chi connectivity index (χ2v) is 11.2. The molecule has 0 spiro atoms. The van der Waals surface area contributed by atoms with Crippen LogP contribution in [-0.4, -0.2) is 0 Å². The summed E-state index contributed by atoms with van der Waals surface area (Å²) in [6, 6.07) is 24.6. The number of para-hydroxylation sites is 1. The van der Waals surface area contributed by atoms with Crippen molar-refractivity contribution in [2.75, 3.05) is 0 Å². The van der Waals surface area contributed by atoms with E-state index in [0.29, 0.717) is 0 Å². The van der Waals surface area contributed by atoms with E-state index in [0.717, 1.165) is 23.0 Å². The van der Waals surface area contributed by atoms with E-state index in [4.69, 9.17) is 4.42 Å². The molecule has 3 aromatic carbocycles. The normalized spacial score (nSPS) is 18.2. The SMILES string of the molecule is Cc1ccc2c(oc3c(-c4ccc5c(c4)CC(C4CCCCC4)C5)cccc32)c1-c1cccc[n+]1C. The highest BCUT2D eigenvalue weighted by atomic mass is 16.3. The topological polar surface area (TPSA) is 17.0 Å². The molecule has 2 heterocycles. The number of rotatable bonds is 3. The van der Waals surface area contributed by atoms with E-state index in [2.05, 4.69) is 91.5 Å². The summed E-state index contributed by atoms with van der Waals surface area (Å²) in [6.45, 7) is 2.18. The van der Waals surface area contributed by atoms with Crippen LogP contribution in [-0.2, 0) is 19.9 Å². The third-order valence-electron chi connectivity index (χ3n) is 8.98. The van der Waals surface area contributed by atoms with E-state index >= 15 is 0 Å². The summed E-state index contributed by atoms with van der Waals surface area (Å²) in [5, 5.41) is 2.39. The lowest BCUT2D eigenvalue weighted by Crippen LogP contribution is -2.30. The molecule has 0 amide bonds. The van der Waals surface area contributed by atoms with E-state index in [9.17, 15) is 0 Å². The number of benzene rings is 3. The maximum atomic E-state index is 6.78. The molecule has 0 bridgehead atoms. The third kappa shape index (κ3) is 3.50. The Kier molecular flexibility index (Phi) is 5.23. The van der Waals surface area contributed by atoms with Crippen LogP contribution in [0.5, 0.6) is 0 Å². The van der Waals surface area contributed by atoms with Crippen molar-refractivity contribution < 1.29 is 8.98 Å². The lowest BCUT2D eigenvalue weighted by atomic mass is 9.79. The van der Waals surface area contributed by atoms with Gasteiger partial charge >= 0.3 is 0 Å². The van der Waals surface area contributed by atoms with Crippen LogP contribution in [0.1, 0.15) is 48.8 Å². The van der Waals surface area contributed by atoms with Gasteiger partial charge in [0.25, 0.3) is 0 Å². The van der Waals surface area contributed by atoms with Crippen molar-refractivity contribution in [2.45, 2.75) is 51.9 Å². The monoisotopic (exact) mass is 472 g/mol. The van der Waals surface area contributed by atoms with Gasteiger partial charge in [0.1, 0.15) is 18.2 Å². The number of aryl methyl sites for hydroxylation is 2. The molecule has 2 aliphatic carbocycles.